The van der Waals surface area contributed by atoms with Gasteiger partial charge in [0.2, 0.25) is 0 Å². The van der Waals surface area contributed by atoms with Crippen LogP contribution in [0.25, 0.3) is 38.6 Å². The third-order valence-corrected chi connectivity index (χ3v) is 7.17. The molecule has 0 saturated carbocycles. The van der Waals surface area contributed by atoms with Crippen molar-refractivity contribution < 1.29 is 0 Å². The van der Waals surface area contributed by atoms with Crippen LogP contribution in [0, 0.1) is 0 Å². The minimum atomic E-state index is 1.13. The Kier molecular flexibility index (Phi) is 5.49. The SMILES string of the molecule is c1ccc(N(c2ccccc2)c2ccc(-c3cccc4c5ccccc5n(-c5ccccc5)c34)cc2)cc1. The first kappa shape index (κ1) is 22.1. The molecule has 0 radical (unpaired) electrons. The third-order valence-electron chi connectivity index (χ3n) is 7.17. The standard InChI is InChI=1S/C36H26N2/c1-4-13-28(14-5-1)37(29-15-6-2-7-16-29)31-25-23-27(24-26-31)32-20-12-21-34-33-19-10-11-22-35(33)38(36(32)34)30-17-8-3-9-18-30/h1-26H. The predicted molar refractivity (Wildman–Crippen MR) is 161 cm³/mol. The van der Waals surface area contributed by atoms with Gasteiger partial charge in [-0.25, -0.2) is 0 Å². The minimum absolute atomic E-state index is 1.13. The van der Waals surface area contributed by atoms with Gasteiger partial charge in [-0.3, -0.25) is 0 Å². The van der Waals surface area contributed by atoms with Gasteiger partial charge in [-0.1, -0.05) is 103 Å². The zero-order chi connectivity index (χ0) is 25.3. The number of anilines is 3. The summed E-state index contributed by atoms with van der Waals surface area (Å²) in [6.45, 7) is 0. The summed E-state index contributed by atoms with van der Waals surface area (Å²) in [6.07, 6.45) is 0. The second-order valence-corrected chi connectivity index (χ2v) is 9.44. The molecule has 7 aromatic rings. The zero-order valence-electron chi connectivity index (χ0n) is 20.9. The van der Waals surface area contributed by atoms with E-state index >= 15 is 0 Å². The summed E-state index contributed by atoms with van der Waals surface area (Å²) in [7, 11) is 0. The Morgan fingerprint density at radius 2 is 0.921 bits per heavy atom. The van der Waals surface area contributed by atoms with Crippen LogP contribution in [-0.4, -0.2) is 4.57 Å². The van der Waals surface area contributed by atoms with Crippen molar-refractivity contribution in [1.82, 2.24) is 4.57 Å². The Labute approximate surface area is 222 Å². The average molecular weight is 487 g/mol. The lowest BCUT2D eigenvalue weighted by molar-refractivity contribution is 1.18. The molecule has 1 aromatic heterocycles. The number of rotatable bonds is 5. The zero-order valence-corrected chi connectivity index (χ0v) is 20.9. The summed E-state index contributed by atoms with van der Waals surface area (Å²) in [5, 5.41) is 2.53. The van der Waals surface area contributed by atoms with E-state index in [1.165, 1.54) is 38.6 Å². The van der Waals surface area contributed by atoms with Gasteiger partial charge in [-0.05, 0) is 60.2 Å². The number of para-hydroxylation sites is 5. The summed E-state index contributed by atoms with van der Waals surface area (Å²) < 4.78 is 2.40. The Bertz CT molecular complexity index is 1800. The molecule has 0 atom stereocenters. The van der Waals surface area contributed by atoms with E-state index in [0.29, 0.717) is 0 Å². The summed E-state index contributed by atoms with van der Waals surface area (Å²) in [4.78, 5) is 2.30. The van der Waals surface area contributed by atoms with Crippen LogP contribution >= 0.6 is 0 Å². The quantitative estimate of drug-likeness (QED) is 0.235. The molecular formula is C36H26N2. The van der Waals surface area contributed by atoms with Gasteiger partial charge in [0, 0.05) is 39.1 Å². The molecule has 0 amide bonds. The second-order valence-electron chi connectivity index (χ2n) is 9.44. The van der Waals surface area contributed by atoms with Crippen LogP contribution in [-0.2, 0) is 0 Å². The molecule has 0 bridgehead atoms. The molecule has 0 unspecified atom stereocenters. The number of hydrogen-bond donors (Lipinski definition) is 0. The summed E-state index contributed by atoms with van der Waals surface area (Å²) in [5.41, 5.74) is 9.44. The smallest absolute Gasteiger partial charge is 0.0619 e. The molecule has 2 heteroatoms. The monoisotopic (exact) mass is 486 g/mol. The topological polar surface area (TPSA) is 8.17 Å². The van der Waals surface area contributed by atoms with Crippen LogP contribution in [0.4, 0.5) is 17.1 Å². The van der Waals surface area contributed by atoms with Crippen molar-refractivity contribution in [3.63, 3.8) is 0 Å². The van der Waals surface area contributed by atoms with E-state index in [1.807, 2.05) is 0 Å². The van der Waals surface area contributed by atoms with E-state index in [9.17, 15) is 0 Å². The number of nitrogens with zero attached hydrogens (tertiary/aromatic N) is 2. The van der Waals surface area contributed by atoms with E-state index < -0.39 is 0 Å². The molecular weight excluding hydrogens is 460 g/mol. The van der Waals surface area contributed by atoms with Gasteiger partial charge in [0.05, 0.1) is 11.0 Å². The molecule has 0 spiro atoms. The van der Waals surface area contributed by atoms with Crippen molar-refractivity contribution in [2.24, 2.45) is 0 Å². The highest BCUT2D eigenvalue weighted by Gasteiger charge is 2.17. The van der Waals surface area contributed by atoms with Crippen molar-refractivity contribution in [2.45, 2.75) is 0 Å². The molecule has 0 N–H and O–H groups in total. The van der Waals surface area contributed by atoms with Crippen LogP contribution in [0.15, 0.2) is 158 Å². The fourth-order valence-electron chi connectivity index (χ4n) is 5.49. The molecule has 1 heterocycles. The molecule has 38 heavy (non-hydrogen) atoms. The molecule has 2 nitrogen and oxygen atoms in total. The second kappa shape index (κ2) is 9.42. The van der Waals surface area contributed by atoms with E-state index in [0.717, 1.165) is 17.1 Å². The summed E-state index contributed by atoms with van der Waals surface area (Å²) in [6, 6.07) is 56.0. The Morgan fingerprint density at radius 1 is 0.395 bits per heavy atom. The number of hydrogen-bond acceptors (Lipinski definition) is 1. The molecule has 0 saturated heterocycles. The molecule has 0 aliphatic heterocycles. The third kappa shape index (κ3) is 3.75. The van der Waals surface area contributed by atoms with Crippen molar-refractivity contribution in [1.29, 1.82) is 0 Å². The van der Waals surface area contributed by atoms with Crippen molar-refractivity contribution >= 4 is 38.9 Å². The fraction of sp³-hybridized carbons (Fsp3) is 0. The van der Waals surface area contributed by atoms with E-state index in [4.69, 9.17) is 0 Å². The molecule has 180 valence electrons. The first-order valence-corrected chi connectivity index (χ1v) is 13.0. The molecule has 0 aliphatic rings. The molecule has 0 fully saturated rings. The van der Waals surface area contributed by atoms with Crippen molar-refractivity contribution in [2.75, 3.05) is 4.90 Å². The lowest BCUT2D eigenvalue weighted by Gasteiger charge is -2.25. The van der Waals surface area contributed by atoms with Gasteiger partial charge < -0.3 is 9.47 Å². The van der Waals surface area contributed by atoms with Crippen LogP contribution in [0.5, 0.6) is 0 Å². The Morgan fingerprint density at radius 3 is 1.58 bits per heavy atom. The maximum Gasteiger partial charge on any atom is 0.0619 e. The van der Waals surface area contributed by atoms with Crippen molar-refractivity contribution in [3.8, 4) is 16.8 Å². The number of fused-ring (bicyclic) bond motifs is 3. The predicted octanol–water partition coefficient (Wildman–Crippen LogP) is 9.92. The Balaban J connectivity index is 1.41. The van der Waals surface area contributed by atoms with E-state index in [1.54, 1.807) is 0 Å². The van der Waals surface area contributed by atoms with Gasteiger partial charge >= 0.3 is 0 Å². The van der Waals surface area contributed by atoms with Gasteiger partial charge in [-0.15, -0.1) is 0 Å². The molecule has 0 aliphatic carbocycles. The van der Waals surface area contributed by atoms with Crippen LogP contribution in [0.2, 0.25) is 0 Å². The van der Waals surface area contributed by atoms with Crippen LogP contribution in [0.3, 0.4) is 0 Å². The lowest BCUT2D eigenvalue weighted by Crippen LogP contribution is -2.09. The highest BCUT2D eigenvalue weighted by Crippen LogP contribution is 2.40. The van der Waals surface area contributed by atoms with Gasteiger partial charge in [0.25, 0.3) is 0 Å². The van der Waals surface area contributed by atoms with Crippen LogP contribution in [0.1, 0.15) is 0 Å². The lowest BCUT2D eigenvalue weighted by atomic mass is 10.0. The number of benzene rings is 6. The van der Waals surface area contributed by atoms with Gasteiger partial charge in [0.15, 0.2) is 0 Å². The molecule has 7 rings (SSSR count). The van der Waals surface area contributed by atoms with E-state index in [-0.39, 0.29) is 0 Å². The Hall–Kier alpha value is -5.08. The fourth-order valence-corrected chi connectivity index (χ4v) is 5.49. The largest absolute Gasteiger partial charge is 0.311 e. The normalized spacial score (nSPS) is 11.2. The maximum absolute atomic E-state index is 2.40. The first-order valence-electron chi connectivity index (χ1n) is 13.0. The maximum atomic E-state index is 2.40. The first-order chi connectivity index (χ1) is 18.9. The summed E-state index contributed by atoms with van der Waals surface area (Å²) in [5.74, 6) is 0. The van der Waals surface area contributed by atoms with Crippen LogP contribution < -0.4 is 4.90 Å². The number of aromatic nitrogens is 1. The highest BCUT2D eigenvalue weighted by molar-refractivity contribution is 6.13. The highest BCUT2D eigenvalue weighted by atomic mass is 15.1. The molecule has 6 aromatic carbocycles. The van der Waals surface area contributed by atoms with E-state index in [2.05, 4.69) is 167 Å². The minimum Gasteiger partial charge on any atom is -0.311 e. The summed E-state index contributed by atoms with van der Waals surface area (Å²) >= 11 is 0. The van der Waals surface area contributed by atoms with Crippen molar-refractivity contribution in [3.05, 3.63) is 158 Å². The van der Waals surface area contributed by atoms with Gasteiger partial charge in [-0.2, -0.15) is 0 Å². The average Bonchev–Trinajstić information content (AvgIpc) is 3.34. The van der Waals surface area contributed by atoms with Gasteiger partial charge in [0.1, 0.15) is 0 Å².